The van der Waals surface area contributed by atoms with Crippen LogP contribution < -0.4 is 9.62 Å². The van der Waals surface area contributed by atoms with Gasteiger partial charge in [0.25, 0.3) is 0 Å². The zero-order valence-corrected chi connectivity index (χ0v) is 25.6. The van der Waals surface area contributed by atoms with Gasteiger partial charge in [0.15, 0.2) is 11.6 Å². The summed E-state index contributed by atoms with van der Waals surface area (Å²) >= 11 is 6.47. The van der Waals surface area contributed by atoms with Crippen molar-refractivity contribution in [1.29, 1.82) is 0 Å². The third kappa shape index (κ3) is 9.00. The summed E-state index contributed by atoms with van der Waals surface area (Å²) < 4.78 is 53.4. The van der Waals surface area contributed by atoms with Gasteiger partial charge in [-0.05, 0) is 48.6 Å². The second-order valence-electron chi connectivity index (χ2n) is 10.8. The minimum atomic E-state index is -3.87. The zero-order chi connectivity index (χ0) is 31.0. The number of hydrogen-bond acceptors (Lipinski definition) is 4. The minimum Gasteiger partial charge on any atom is -0.352 e. The van der Waals surface area contributed by atoms with E-state index in [4.69, 9.17) is 11.6 Å². The summed E-state index contributed by atoms with van der Waals surface area (Å²) in [4.78, 5) is 29.2. The number of sulfonamides is 1. The molecular weight excluding hydrogens is 596 g/mol. The molecule has 0 bridgehead atoms. The van der Waals surface area contributed by atoms with Gasteiger partial charge in [0.05, 0.1) is 11.9 Å². The van der Waals surface area contributed by atoms with Crippen LogP contribution in [0.3, 0.4) is 0 Å². The Morgan fingerprint density at radius 3 is 2.30 bits per heavy atom. The van der Waals surface area contributed by atoms with Gasteiger partial charge in [0, 0.05) is 43.1 Å². The lowest BCUT2D eigenvalue weighted by atomic mass is 10.0. The maximum absolute atomic E-state index is 13.9. The highest BCUT2D eigenvalue weighted by Gasteiger charge is 2.32. The highest BCUT2D eigenvalue weighted by Crippen LogP contribution is 2.24. The summed E-state index contributed by atoms with van der Waals surface area (Å²) in [6.45, 7) is -0.0692. The summed E-state index contributed by atoms with van der Waals surface area (Å²) in [7, 11) is -3.87. The molecule has 1 fully saturated rings. The molecule has 7 nitrogen and oxygen atoms in total. The van der Waals surface area contributed by atoms with Crippen LogP contribution in [0.5, 0.6) is 0 Å². The summed E-state index contributed by atoms with van der Waals surface area (Å²) in [6.07, 6.45) is 5.05. The average Bonchev–Trinajstić information content (AvgIpc) is 3.48. The topological polar surface area (TPSA) is 86.8 Å². The molecule has 0 saturated heterocycles. The van der Waals surface area contributed by atoms with Crippen molar-refractivity contribution in [3.8, 4) is 0 Å². The number of nitrogens with zero attached hydrogens (tertiary/aromatic N) is 2. The third-order valence-corrected chi connectivity index (χ3v) is 9.18. The highest BCUT2D eigenvalue weighted by atomic mass is 35.5. The lowest BCUT2D eigenvalue weighted by molar-refractivity contribution is -0.141. The molecule has 1 unspecified atom stereocenters. The number of carbonyl (C=O) groups is 2. The summed E-state index contributed by atoms with van der Waals surface area (Å²) in [5.41, 5.74) is 1.51. The Labute approximate surface area is 256 Å². The van der Waals surface area contributed by atoms with Crippen molar-refractivity contribution < 1.29 is 26.8 Å². The smallest absolute Gasteiger partial charge is 0.243 e. The van der Waals surface area contributed by atoms with Gasteiger partial charge >= 0.3 is 0 Å². The molecule has 1 atom stereocenters. The molecule has 1 aliphatic carbocycles. The molecule has 1 aliphatic rings. The summed E-state index contributed by atoms with van der Waals surface area (Å²) in [6, 6.07) is 18.6. The molecule has 1 saturated carbocycles. The Bertz CT molecular complexity index is 1520. The van der Waals surface area contributed by atoms with Crippen molar-refractivity contribution in [2.24, 2.45) is 0 Å². The summed E-state index contributed by atoms with van der Waals surface area (Å²) in [5.74, 6) is -2.88. The van der Waals surface area contributed by atoms with Crippen LogP contribution in [-0.4, -0.2) is 50.0 Å². The molecule has 0 aromatic heterocycles. The van der Waals surface area contributed by atoms with Crippen LogP contribution in [0.4, 0.5) is 14.5 Å². The molecule has 0 spiro atoms. The van der Waals surface area contributed by atoms with E-state index in [0.29, 0.717) is 10.6 Å². The lowest BCUT2D eigenvalue weighted by Gasteiger charge is -2.33. The van der Waals surface area contributed by atoms with Crippen molar-refractivity contribution in [2.75, 3.05) is 17.1 Å². The predicted octanol–water partition coefficient (Wildman–Crippen LogP) is 5.86. The number of hydrogen-bond donors (Lipinski definition) is 1. The molecule has 1 N–H and O–H groups in total. The third-order valence-electron chi connectivity index (χ3n) is 7.61. The average molecular weight is 632 g/mol. The van der Waals surface area contributed by atoms with Crippen molar-refractivity contribution in [2.45, 2.75) is 63.6 Å². The van der Waals surface area contributed by atoms with E-state index in [1.54, 1.807) is 24.3 Å². The Hall–Kier alpha value is -3.50. The molecule has 4 rings (SSSR count). The Morgan fingerprint density at radius 1 is 0.977 bits per heavy atom. The van der Waals surface area contributed by atoms with Crippen molar-refractivity contribution in [1.82, 2.24) is 10.2 Å². The second kappa shape index (κ2) is 14.8. The van der Waals surface area contributed by atoms with Crippen molar-refractivity contribution in [3.05, 3.63) is 101 Å². The van der Waals surface area contributed by atoms with Crippen LogP contribution in [0, 0.1) is 11.6 Å². The first-order valence-corrected chi connectivity index (χ1v) is 16.6. The SMILES string of the molecule is CS(=O)(=O)N(CCCC(=O)N(Cc1ccccc1Cl)C(Cc1ccccc1)C(=O)NC1CCCC1)c1ccc(F)c(F)c1. The molecular formula is C32H36ClF2N3O4S. The van der Waals surface area contributed by atoms with Crippen LogP contribution >= 0.6 is 11.6 Å². The minimum absolute atomic E-state index is 0.0420. The van der Waals surface area contributed by atoms with Gasteiger partial charge < -0.3 is 10.2 Å². The maximum atomic E-state index is 13.9. The monoisotopic (exact) mass is 631 g/mol. The Kier molecular flexibility index (Phi) is 11.2. The van der Waals surface area contributed by atoms with Gasteiger partial charge in [-0.2, -0.15) is 0 Å². The number of carbonyl (C=O) groups excluding carboxylic acids is 2. The van der Waals surface area contributed by atoms with Gasteiger partial charge in [0.2, 0.25) is 21.8 Å². The van der Waals surface area contributed by atoms with Crippen molar-refractivity contribution in [3.63, 3.8) is 0 Å². The van der Waals surface area contributed by atoms with E-state index >= 15 is 0 Å². The molecule has 230 valence electrons. The fraction of sp³-hybridized carbons (Fsp3) is 0.375. The van der Waals surface area contributed by atoms with Gasteiger partial charge in [0.1, 0.15) is 6.04 Å². The molecule has 0 radical (unpaired) electrons. The normalized spacial score (nSPS) is 14.3. The fourth-order valence-corrected chi connectivity index (χ4v) is 6.53. The van der Waals surface area contributed by atoms with Crippen LogP contribution in [-0.2, 0) is 32.6 Å². The van der Waals surface area contributed by atoms with Crippen LogP contribution in [0.2, 0.25) is 5.02 Å². The number of anilines is 1. The van der Waals surface area contributed by atoms with E-state index in [1.165, 1.54) is 11.0 Å². The Morgan fingerprint density at radius 2 is 1.65 bits per heavy atom. The standard InChI is InChI=1S/C32H36ClF2N3O4S/c1-43(41,42)38(26-17-18-28(34)29(35)21-26)19-9-16-31(39)37(22-24-12-5-8-15-27(24)33)30(20-23-10-3-2-4-11-23)32(40)36-25-13-6-7-14-25/h2-5,8,10-12,15,17-18,21,25,30H,6-7,9,13-14,16,19-20,22H2,1H3,(H,36,40). The molecule has 3 aromatic rings. The number of amides is 2. The van der Waals surface area contributed by atoms with Crippen LogP contribution in [0.15, 0.2) is 72.8 Å². The summed E-state index contributed by atoms with van der Waals surface area (Å²) in [5, 5.41) is 3.60. The molecule has 3 aromatic carbocycles. The second-order valence-corrected chi connectivity index (χ2v) is 13.2. The number of halogens is 3. The van der Waals surface area contributed by atoms with Gasteiger partial charge in [-0.25, -0.2) is 17.2 Å². The first-order valence-electron chi connectivity index (χ1n) is 14.3. The van der Waals surface area contributed by atoms with Crippen molar-refractivity contribution >= 4 is 39.1 Å². The first-order chi connectivity index (χ1) is 20.5. The van der Waals surface area contributed by atoms with Gasteiger partial charge in [-0.1, -0.05) is 73.0 Å². The Balaban J connectivity index is 1.59. The number of nitrogens with one attached hydrogen (secondary N) is 1. The highest BCUT2D eigenvalue weighted by molar-refractivity contribution is 7.92. The molecule has 2 amide bonds. The first kappa shape index (κ1) is 32.4. The largest absolute Gasteiger partial charge is 0.352 e. The predicted molar refractivity (Wildman–Crippen MR) is 164 cm³/mol. The number of benzene rings is 3. The van der Waals surface area contributed by atoms with E-state index in [9.17, 15) is 26.8 Å². The van der Waals surface area contributed by atoms with E-state index in [-0.39, 0.29) is 55.9 Å². The molecule has 11 heteroatoms. The van der Waals surface area contributed by atoms with Crippen LogP contribution in [0.1, 0.15) is 49.7 Å². The van der Waals surface area contributed by atoms with Gasteiger partial charge in [-0.3, -0.25) is 13.9 Å². The zero-order valence-electron chi connectivity index (χ0n) is 24.0. The number of rotatable bonds is 13. The van der Waals surface area contributed by atoms with E-state index in [0.717, 1.165) is 53.9 Å². The fourth-order valence-electron chi connectivity index (χ4n) is 5.38. The van der Waals surface area contributed by atoms with E-state index < -0.39 is 27.7 Å². The van der Waals surface area contributed by atoms with Crippen LogP contribution in [0.25, 0.3) is 0 Å². The lowest BCUT2D eigenvalue weighted by Crippen LogP contribution is -2.52. The van der Waals surface area contributed by atoms with E-state index in [2.05, 4.69) is 5.32 Å². The molecule has 43 heavy (non-hydrogen) atoms. The molecule has 0 aliphatic heterocycles. The maximum Gasteiger partial charge on any atom is 0.243 e. The van der Waals surface area contributed by atoms with Gasteiger partial charge in [-0.15, -0.1) is 0 Å². The van der Waals surface area contributed by atoms with E-state index in [1.807, 2.05) is 30.3 Å². The quantitative estimate of drug-likeness (QED) is 0.256. The molecule has 0 heterocycles.